The number of hydrogen-bond acceptors (Lipinski definition) is 3. The second kappa shape index (κ2) is 5.73. The average Bonchev–Trinajstić information content (AvgIpc) is 2.97. The second-order valence-electron chi connectivity index (χ2n) is 4.60. The number of carbonyl (C=O) groups excluding carboxylic acids is 1. The second-order valence-corrected chi connectivity index (χ2v) is 4.60. The zero-order chi connectivity index (χ0) is 13.9. The Kier molecular flexibility index (Phi) is 4.24. The van der Waals surface area contributed by atoms with Crippen LogP contribution in [0.3, 0.4) is 0 Å². The average molecular weight is 276 g/mol. The fourth-order valence-corrected chi connectivity index (χ4v) is 2.12. The molecule has 0 N–H and O–H groups in total. The van der Waals surface area contributed by atoms with E-state index in [-0.39, 0.29) is 6.10 Å². The molecule has 1 aliphatic heterocycles. The van der Waals surface area contributed by atoms with Crippen LogP contribution in [0.4, 0.5) is 13.2 Å². The molecule has 1 fully saturated rings. The summed E-state index contributed by atoms with van der Waals surface area (Å²) in [6.07, 6.45) is 1.26. The minimum Gasteiger partial charge on any atom is -0.378 e. The van der Waals surface area contributed by atoms with E-state index in [9.17, 15) is 18.0 Å². The highest BCUT2D eigenvalue weighted by molar-refractivity contribution is 5.99. The first-order valence-corrected chi connectivity index (χ1v) is 6.22. The van der Waals surface area contributed by atoms with Crippen LogP contribution in [0, 0.1) is 0 Å². The largest absolute Gasteiger partial charge is 0.454 e. The number of ketones is 1. The molecule has 1 aromatic heterocycles. The van der Waals surface area contributed by atoms with Gasteiger partial charge < -0.3 is 4.74 Å². The molecule has 2 rings (SSSR count). The lowest BCUT2D eigenvalue weighted by Crippen LogP contribution is -2.22. The van der Waals surface area contributed by atoms with E-state index in [1.165, 1.54) is 4.68 Å². The van der Waals surface area contributed by atoms with Crippen LogP contribution < -0.4 is 0 Å². The van der Waals surface area contributed by atoms with E-state index >= 15 is 0 Å². The standard InChI is InChI=1S/C12H15F3N2O2/c13-12(14,15)11(18)9-7-16-17(8-9)5-1-3-10-4-2-6-19-10/h7-8,10H,1-6H2. The first-order valence-electron chi connectivity index (χ1n) is 6.22. The third-order valence-electron chi connectivity index (χ3n) is 3.09. The highest BCUT2D eigenvalue weighted by Gasteiger charge is 2.39. The molecule has 1 unspecified atom stereocenters. The minimum absolute atomic E-state index is 0.256. The number of halogens is 3. The Labute approximate surface area is 108 Å². The zero-order valence-corrected chi connectivity index (χ0v) is 10.3. The van der Waals surface area contributed by atoms with Crippen molar-refractivity contribution in [1.82, 2.24) is 9.78 Å². The van der Waals surface area contributed by atoms with Crippen molar-refractivity contribution in [2.75, 3.05) is 6.61 Å². The number of rotatable bonds is 5. The monoisotopic (exact) mass is 276 g/mol. The Morgan fingerprint density at radius 2 is 2.32 bits per heavy atom. The van der Waals surface area contributed by atoms with Gasteiger partial charge in [0.05, 0.1) is 17.9 Å². The number of carbonyl (C=O) groups is 1. The van der Waals surface area contributed by atoms with Gasteiger partial charge in [-0.25, -0.2) is 0 Å². The van der Waals surface area contributed by atoms with Gasteiger partial charge in [-0.1, -0.05) is 0 Å². The summed E-state index contributed by atoms with van der Waals surface area (Å²) in [5, 5.41) is 3.77. The quantitative estimate of drug-likeness (QED) is 0.776. The van der Waals surface area contributed by atoms with Crippen LogP contribution in [0.5, 0.6) is 0 Å². The zero-order valence-electron chi connectivity index (χ0n) is 10.3. The smallest absolute Gasteiger partial charge is 0.378 e. The summed E-state index contributed by atoms with van der Waals surface area (Å²) in [5.74, 6) is -1.85. The third-order valence-corrected chi connectivity index (χ3v) is 3.09. The van der Waals surface area contributed by atoms with Crippen LogP contribution in [0.15, 0.2) is 12.4 Å². The van der Waals surface area contributed by atoms with Gasteiger partial charge in [0.2, 0.25) is 0 Å². The van der Waals surface area contributed by atoms with E-state index in [0.717, 1.165) is 44.7 Å². The Balaban J connectivity index is 1.82. The molecule has 0 bridgehead atoms. The maximum absolute atomic E-state index is 12.2. The highest BCUT2D eigenvalue weighted by atomic mass is 19.4. The van der Waals surface area contributed by atoms with Gasteiger partial charge in [-0.3, -0.25) is 9.48 Å². The van der Waals surface area contributed by atoms with Gasteiger partial charge >= 0.3 is 6.18 Å². The van der Waals surface area contributed by atoms with Crippen molar-refractivity contribution in [3.8, 4) is 0 Å². The molecule has 19 heavy (non-hydrogen) atoms. The van der Waals surface area contributed by atoms with E-state index in [4.69, 9.17) is 4.74 Å². The molecular formula is C12H15F3N2O2. The number of ether oxygens (including phenoxy) is 1. The Morgan fingerprint density at radius 1 is 1.53 bits per heavy atom. The van der Waals surface area contributed by atoms with Crippen molar-refractivity contribution >= 4 is 5.78 Å². The summed E-state index contributed by atoms with van der Waals surface area (Å²) in [5.41, 5.74) is -0.412. The van der Waals surface area contributed by atoms with Crippen molar-refractivity contribution in [3.63, 3.8) is 0 Å². The fourth-order valence-electron chi connectivity index (χ4n) is 2.12. The lowest BCUT2D eigenvalue weighted by Gasteiger charge is -2.08. The molecule has 0 radical (unpaired) electrons. The number of aromatic nitrogens is 2. The van der Waals surface area contributed by atoms with Crippen LogP contribution in [0.25, 0.3) is 0 Å². The van der Waals surface area contributed by atoms with Gasteiger partial charge in [0.15, 0.2) is 0 Å². The normalized spacial score (nSPS) is 19.8. The van der Waals surface area contributed by atoms with Crippen molar-refractivity contribution in [3.05, 3.63) is 18.0 Å². The van der Waals surface area contributed by atoms with E-state index in [0.29, 0.717) is 6.54 Å². The van der Waals surface area contributed by atoms with Crippen molar-refractivity contribution < 1.29 is 22.7 Å². The van der Waals surface area contributed by atoms with Gasteiger partial charge in [-0.15, -0.1) is 0 Å². The van der Waals surface area contributed by atoms with Crippen molar-refractivity contribution in [2.45, 2.75) is 44.5 Å². The summed E-state index contributed by atoms with van der Waals surface area (Å²) in [7, 11) is 0. The van der Waals surface area contributed by atoms with Gasteiger partial charge in [-0.05, 0) is 25.7 Å². The predicted molar refractivity (Wildman–Crippen MR) is 60.8 cm³/mol. The van der Waals surface area contributed by atoms with Gasteiger partial charge in [0.25, 0.3) is 5.78 Å². The number of aryl methyl sites for hydroxylation is 1. The van der Waals surface area contributed by atoms with Crippen molar-refractivity contribution in [2.24, 2.45) is 0 Å². The number of nitrogens with zero attached hydrogens (tertiary/aromatic N) is 2. The van der Waals surface area contributed by atoms with E-state index in [1.807, 2.05) is 0 Å². The van der Waals surface area contributed by atoms with Crippen LogP contribution in [-0.4, -0.2) is 34.5 Å². The van der Waals surface area contributed by atoms with E-state index in [1.54, 1.807) is 0 Å². The fraction of sp³-hybridized carbons (Fsp3) is 0.667. The molecule has 0 spiro atoms. The van der Waals surface area contributed by atoms with Gasteiger partial charge in [0.1, 0.15) is 0 Å². The molecule has 0 amide bonds. The molecule has 1 saturated heterocycles. The number of Topliss-reactive ketones (excluding diaryl/α,β-unsaturated/α-hetero) is 1. The Hall–Kier alpha value is -1.37. The first kappa shape index (κ1) is 14.0. The van der Waals surface area contributed by atoms with Gasteiger partial charge in [-0.2, -0.15) is 18.3 Å². The molecule has 2 heterocycles. The van der Waals surface area contributed by atoms with Crippen LogP contribution in [-0.2, 0) is 11.3 Å². The number of hydrogen-bond donors (Lipinski definition) is 0. The molecule has 106 valence electrons. The van der Waals surface area contributed by atoms with Gasteiger partial charge in [0, 0.05) is 19.3 Å². The molecular weight excluding hydrogens is 261 g/mol. The molecule has 0 aliphatic carbocycles. The molecule has 1 atom stereocenters. The molecule has 4 nitrogen and oxygen atoms in total. The number of alkyl halides is 3. The summed E-state index contributed by atoms with van der Waals surface area (Å²) >= 11 is 0. The maximum atomic E-state index is 12.2. The summed E-state index contributed by atoms with van der Waals surface area (Å²) in [6, 6.07) is 0. The van der Waals surface area contributed by atoms with Crippen LogP contribution >= 0.6 is 0 Å². The summed E-state index contributed by atoms with van der Waals surface area (Å²) in [6.45, 7) is 1.28. The van der Waals surface area contributed by atoms with Crippen LogP contribution in [0.1, 0.15) is 36.0 Å². The summed E-state index contributed by atoms with van der Waals surface area (Å²) in [4.78, 5) is 11.0. The van der Waals surface area contributed by atoms with E-state index < -0.39 is 17.5 Å². The molecule has 0 saturated carbocycles. The lowest BCUT2D eigenvalue weighted by molar-refractivity contribution is -0.0885. The van der Waals surface area contributed by atoms with Crippen LogP contribution in [0.2, 0.25) is 0 Å². The van der Waals surface area contributed by atoms with Crippen molar-refractivity contribution in [1.29, 1.82) is 0 Å². The topological polar surface area (TPSA) is 44.1 Å². The SMILES string of the molecule is O=C(c1cnn(CCCC2CCCO2)c1)C(F)(F)F. The minimum atomic E-state index is -4.84. The Bertz CT molecular complexity index is 436. The molecule has 1 aliphatic rings. The maximum Gasteiger partial charge on any atom is 0.454 e. The highest BCUT2D eigenvalue weighted by Crippen LogP contribution is 2.21. The molecule has 1 aromatic rings. The summed E-state index contributed by atoms with van der Waals surface area (Å²) < 4.78 is 43.4. The van der Waals surface area contributed by atoms with E-state index in [2.05, 4.69) is 5.10 Å². The lowest BCUT2D eigenvalue weighted by atomic mass is 10.1. The predicted octanol–water partition coefficient (Wildman–Crippen LogP) is 2.59. The third kappa shape index (κ3) is 3.79. The molecule has 7 heteroatoms. The molecule has 0 aromatic carbocycles. The first-order chi connectivity index (χ1) is 8.97. The Morgan fingerprint density at radius 3 is 2.95 bits per heavy atom.